The van der Waals surface area contributed by atoms with Crippen LogP contribution in [0.2, 0.25) is 0 Å². The number of hydrazine groups is 2. The third-order valence-electron chi connectivity index (χ3n) is 5.24. The van der Waals surface area contributed by atoms with Crippen LogP contribution in [0.25, 0.3) is 0 Å². The van der Waals surface area contributed by atoms with Gasteiger partial charge in [0.25, 0.3) is 5.91 Å². The third-order valence-corrected chi connectivity index (χ3v) is 5.24. The van der Waals surface area contributed by atoms with E-state index < -0.39 is 17.8 Å². The van der Waals surface area contributed by atoms with E-state index in [1.54, 1.807) is 18.1 Å². The van der Waals surface area contributed by atoms with Crippen molar-refractivity contribution in [2.45, 2.75) is 38.5 Å². The SMILES string of the molecule is COc1cc(CNC(=O)c2cc(C3=NNN(C[C@@H]4CCC(O)CO4)N3)nc(C)n2)ccc1F. The van der Waals surface area contributed by atoms with E-state index >= 15 is 0 Å². The predicted octanol–water partition coefficient (Wildman–Crippen LogP) is 0.389. The second kappa shape index (κ2) is 10.1. The summed E-state index contributed by atoms with van der Waals surface area (Å²) in [6, 6.07) is 5.93. The summed E-state index contributed by atoms with van der Waals surface area (Å²) >= 11 is 0. The van der Waals surface area contributed by atoms with Crippen LogP contribution in [0.5, 0.6) is 5.75 Å². The summed E-state index contributed by atoms with van der Waals surface area (Å²) in [5.41, 5.74) is 7.27. The van der Waals surface area contributed by atoms with E-state index in [9.17, 15) is 14.3 Å². The molecule has 0 bridgehead atoms. The van der Waals surface area contributed by atoms with Gasteiger partial charge < -0.3 is 19.9 Å². The molecule has 1 aromatic heterocycles. The van der Waals surface area contributed by atoms with Crippen molar-refractivity contribution < 1.29 is 23.8 Å². The maximum atomic E-state index is 13.6. The van der Waals surface area contributed by atoms with Gasteiger partial charge >= 0.3 is 0 Å². The van der Waals surface area contributed by atoms with Gasteiger partial charge in [-0.15, -0.1) is 10.2 Å². The summed E-state index contributed by atoms with van der Waals surface area (Å²) in [7, 11) is 1.38. The molecule has 2 aliphatic rings. The van der Waals surface area contributed by atoms with E-state index in [0.29, 0.717) is 42.5 Å². The number of halogens is 1. The summed E-state index contributed by atoms with van der Waals surface area (Å²) in [5, 5.41) is 18.2. The van der Waals surface area contributed by atoms with Gasteiger partial charge in [0.05, 0.1) is 32.5 Å². The second-order valence-electron chi connectivity index (χ2n) is 7.81. The van der Waals surface area contributed by atoms with Crippen LogP contribution in [0.4, 0.5) is 4.39 Å². The number of amides is 1. The van der Waals surface area contributed by atoms with E-state index in [4.69, 9.17) is 9.47 Å². The van der Waals surface area contributed by atoms with Gasteiger partial charge in [-0.05, 0) is 43.5 Å². The van der Waals surface area contributed by atoms with Gasteiger partial charge in [0.1, 0.15) is 17.2 Å². The Hall–Kier alpha value is -3.35. The minimum atomic E-state index is -0.469. The highest BCUT2D eigenvalue weighted by atomic mass is 19.1. The van der Waals surface area contributed by atoms with Crippen molar-refractivity contribution in [2.24, 2.45) is 5.10 Å². The highest BCUT2D eigenvalue weighted by Gasteiger charge is 2.26. The number of nitrogens with one attached hydrogen (secondary N) is 3. The Kier molecular flexibility index (Phi) is 6.96. The number of ether oxygens (including phenoxy) is 2. The zero-order valence-corrected chi connectivity index (χ0v) is 18.3. The first-order chi connectivity index (χ1) is 15.9. The molecule has 0 radical (unpaired) electrons. The van der Waals surface area contributed by atoms with Crippen molar-refractivity contribution in [1.29, 1.82) is 0 Å². The van der Waals surface area contributed by atoms with Gasteiger partial charge in [0.2, 0.25) is 0 Å². The predicted molar refractivity (Wildman–Crippen MR) is 115 cm³/mol. The van der Waals surface area contributed by atoms with Gasteiger partial charge in [-0.3, -0.25) is 10.2 Å². The molecule has 4 rings (SSSR count). The normalized spacial score (nSPS) is 20.5. The third kappa shape index (κ3) is 5.72. The van der Waals surface area contributed by atoms with Crippen LogP contribution < -0.4 is 21.0 Å². The molecule has 0 spiro atoms. The molecule has 0 saturated carbocycles. The minimum Gasteiger partial charge on any atom is -0.494 e. The topological polar surface area (TPSA) is 133 Å². The van der Waals surface area contributed by atoms with Crippen LogP contribution >= 0.6 is 0 Å². The molecule has 0 aliphatic carbocycles. The van der Waals surface area contributed by atoms with Crippen molar-refractivity contribution in [2.75, 3.05) is 20.3 Å². The number of hydrogen-bond donors (Lipinski definition) is 4. The van der Waals surface area contributed by atoms with Gasteiger partial charge in [-0.1, -0.05) is 6.07 Å². The van der Waals surface area contributed by atoms with Crippen LogP contribution in [0, 0.1) is 12.7 Å². The number of hydrazone groups is 1. The molecule has 12 heteroatoms. The molecule has 11 nitrogen and oxygen atoms in total. The molecular weight excluding hydrogens is 433 g/mol. The summed E-state index contributed by atoms with van der Waals surface area (Å²) in [5.74, 6) is 0.0906. The first kappa shape index (κ1) is 22.8. The van der Waals surface area contributed by atoms with Gasteiger partial charge in [0.15, 0.2) is 17.4 Å². The molecule has 33 heavy (non-hydrogen) atoms. The van der Waals surface area contributed by atoms with Crippen molar-refractivity contribution in [3.05, 3.63) is 52.9 Å². The number of methoxy groups -OCH3 is 1. The van der Waals surface area contributed by atoms with Crippen molar-refractivity contribution in [3.63, 3.8) is 0 Å². The number of aromatic nitrogens is 2. The first-order valence-corrected chi connectivity index (χ1v) is 10.5. The lowest BCUT2D eigenvalue weighted by atomic mass is 10.1. The average Bonchev–Trinajstić information content (AvgIpc) is 3.28. The Morgan fingerprint density at radius 2 is 2.21 bits per heavy atom. The average molecular weight is 459 g/mol. The van der Waals surface area contributed by atoms with Crippen LogP contribution in [0.15, 0.2) is 29.4 Å². The van der Waals surface area contributed by atoms with E-state index in [1.165, 1.54) is 25.3 Å². The fraction of sp³-hybridized carbons (Fsp3) is 0.429. The Morgan fingerprint density at radius 3 is 2.97 bits per heavy atom. The van der Waals surface area contributed by atoms with E-state index in [0.717, 1.165) is 6.42 Å². The fourth-order valence-electron chi connectivity index (χ4n) is 3.52. The van der Waals surface area contributed by atoms with Crippen LogP contribution in [0.3, 0.4) is 0 Å². The quantitative estimate of drug-likeness (QED) is 0.464. The summed E-state index contributed by atoms with van der Waals surface area (Å²) in [6.45, 7) is 2.70. The fourth-order valence-corrected chi connectivity index (χ4v) is 3.52. The van der Waals surface area contributed by atoms with Gasteiger partial charge in [-0.2, -0.15) is 0 Å². The van der Waals surface area contributed by atoms with Crippen LogP contribution in [0.1, 0.15) is 40.4 Å². The van der Waals surface area contributed by atoms with E-state index in [1.807, 2.05) is 0 Å². The summed E-state index contributed by atoms with van der Waals surface area (Å²) in [4.78, 5) is 21.3. The molecule has 2 aliphatic heterocycles. The zero-order valence-electron chi connectivity index (χ0n) is 18.3. The molecule has 2 aromatic rings. The molecule has 1 amide bonds. The number of aliphatic hydroxyl groups is 1. The van der Waals surface area contributed by atoms with E-state index in [2.05, 4.69) is 31.3 Å². The zero-order chi connectivity index (χ0) is 23.4. The van der Waals surface area contributed by atoms with Crippen LogP contribution in [-0.4, -0.2) is 64.4 Å². The second-order valence-corrected chi connectivity index (χ2v) is 7.81. The Balaban J connectivity index is 1.37. The van der Waals surface area contributed by atoms with Gasteiger partial charge in [0, 0.05) is 6.54 Å². The Bertz CT molecular complexity index is 1040. The molecular formula is C21H26FN7O4. The van der Waals surface area contributed by atoms with Crippen LogP contribution in [-0.2, 0) is 11.3 Å². The maximum absolute atomic E-state index is 13.6. The summed E-state index contributed by atoms with van der Waals surface area (Å²) in [6.07, 6.45) is 0.987. The lowest BCUT2D eigenvalue weighted by molar-refractivity contribution is -0.0728. The lowest BCUT2D eigenvalue weighted by Gasteiger charge is -2.28. The molecule has 2 atom stereocenters. The number of nitrogens with zero attached hydrogens (tertiary/aromatic N) is 4. The van der Waals surface area contributed by atoms with Crippen molar-refractivity contribution in [1.82, 2.24) is 31.4 Å². The highest BCUT2D eigenvalue weighted by Crippen LogP contribution is 2.18. The van der Waals surface area contributed by atoms with Crippen molar-refractivity contribution in [3.8, 4) is 5.75 Å². The van der Waals surface area contributed by atoms with Crippen molar-refractivity contribution >= 4 is 11.7 Å². The number of benzene rings is 1. The maximum Gasteiger partial charge on any atom is 0.270 e. The monoisotopic (exact) mass is 459 g/mol. The number of rotatable bonds is 7. The Morgan fingerprint density at radius 1 is 1.36 bits per heavy atom. The molecule has 1 fully saturated rings. The minimum absolute atomic E-state index is 0.0403. The number of carbonyl (C=O) groups excluding carboxylic acids is 1. The molecule has 176 valence electrons. The summed E-state index contributed by atoms with van der Waals surface area (Å²) < 4.78 is 24.2. The number of aryl methyl sites for hydroxylation is 1. The smallest absolute Gasteiger partial charge is 0.270 e. The Labute approximate surface area is 189 Å². The lowest BCUT2D eigenvalue weighted by Crippen LogP contribution is -2.48. The largest absolute Gasteiger partial charge is 0.494 e. The molecule has 3 heterocycles. The number of hydrogen-bond acceptors (Lipinski definition) is 10. The number of carbonyl (C=O) groups is 1. The highest BCUT2D eigenvalue weighted by molar-refractivity contribution is 6.00. The molecule has 4 N–H and O–H groups in total. The van der Waals surface area contributed by atoms with Gasteiger partial charge in [-0.25, -0.2) is 19.9 Å². The molecule has 1 aromatic carbocycles. The molecule has 1 unspecified atom stereocenters. The number of aliphatic hydroxyl groups excluding tert-OH is 1. The standard InChI is InChI=1S/C21H26FN7O4/c1-12-24-17(20-26-28-29(27-20)10-15-5-4-14(30)11-33-15)8-18(25-12)21(31)23-9-13-3-6-16(22)19(7-13)32-2/h3,6-8,14-15,28,30H,4-5,9-11H2,1-2H3,(H,23,31)(H,26,27)/t14?,15-/m0/s1. The first-order valence-electron chi connectivity index (χ1n) is 10.5. The molecule has 1 saturated heterocycles. The number of amidine groups is 1. The van der Waals surface area contributed by atoms with E-state index in [-0.39, 0.29) is 24.1 Å².